The minimum atomic E-state index is -3.01. The number of unbranched alkanes of at least 4 members (excludes halogenated alkanes) is 3. The molecule has 0 aromatic carbocycles. The van der Waals surface area contributed by atoms with Gasteiger partial charge in [-0.25, -0.2) is 8.42 Å². The van der Waals surface area contributed by atoms with Gasteiger partial charge in [-0.15, -0.1) is 0 Å². The Morgan fingerprint density at radius 2 is 1.18 bits per heavy atom. The molecule has 1 N–H and O–H groups in total. The van der Waals surface area contributed by atoms with Crippen molar-refractivity contribution >= 4 is 9.84 Å². The minimum absolute atomic E-state index is 0.305. The second-order valence-corrected chi connectivity index (χ2v) is 11.0. The summed E-state index contributed by atoms with van der Waals surface area (Å²) < 4.78 is 29.5. The Bertz CT molecular complexity index is 465. The first-order chi connectivity index (χ1) is 13.3. The molecule has 0 aromatic rings. The molecule has 170 valence electrons. The zero-order valence-electron chi connectivity index (χ0n) is 19.4. The molecule has 0 saturated heterocycles. The molecule has 0 radical (unpaired) electrons. The van der Waals surface area contributed by atoms with Crippen molar-refractivity contribution < 1.29 is 18.3 Å². The third-order valence-electron chi connectivity index (χ3n) is 7.11. The first kappa shape index (κ1) is 27.9. The van der Waals surface area contributed by atoms with Crippen molar-refractivity contribution in [2.45, 2.75) is 116 Å². The van der Waals surface area contributed by atoms with E-state index in [0.717, 1.165) is 51.7 Å². The first-order valence-electron chi connectivity index (χ1n) is 11.6. The summed E-state index contributed by atoms with van der Waals surface area (Å²) in [7, 11) is -3.01. The Morgan fingerprint density at radius 3 is 1.57 bits per heavy atom. The van der Waals surface area contributed by atoms with Gasteiger partial charge in [0.25, 0.3) is 0 Å². The van der Waals surface area contributed by atoms with E-state index in [2.05, 4.69) is 13.8 Å². The molecule has 5 heteroatoms. The lowest BCUT2D eigenvalue weighted by Crippen LogP contribution is -2.36. The van der Waals surface area contributed by atoms with Crippen LogP contribution in [0.1, 0.15) is 111 Å². The van der Waals surface area contributed by atoms with Crippen molar-refractivity contribution in [3.8, 4) is 0 Å². The molecule has 0 heterocycles. The van der Waals surface area contributed by atoms with Gasteiger partial charge in [0.05, 0.1) is 4.75 Å². The Labute approximate surface area is 175 Å². The highest BCUT2D eigenvalue weighted by molar-refractivity contribution is 7.92. The summed E-state index contributed by atoms with van der Waals surface area (Å²) in [6.07, 6.45) is 14.6. The van der Waals surface area contributed by atoms with Gasteiger partial charge in [-0.3, -0.25) is 0 Å². The number of ether oxygens (including phenoxy) is 1. The molecule has 0 aromatic heterocycles. The van der Waals surface area contributed by atoms with E-state index in [9.17, 15) is 8.42 Å². The Kier molecular flexibility index (Phi) is 14.7. The monoisotopic (exact) mass is 420 g/mol. The van der Waals surface area contributed by atoms with Crippen LogP contribution in [0.15, 0.2) is 0 Å². The predicted molar refractivity (Wildman–Crippen MR) is 121 cm³/mol. The SMILES string of the molecule is CCC(CC)(CCCCO)CCCCOCCCCC(CC)(CC)S(C)(=O)=O. The second-order valence-electron chi connectivity index (χ2n) is 8.58. The number of aliphatic hydroxyl groups is 1. The van der Waals surface area contributed by atoms with E-state index in [1.54, 1.807) is 0 Å². The zero-order valence-corrected chi connectivity index (χ0v) is 20.2. The van der Waals surface area contributed by atoms with Gasteiger partial charge in [0.15, 0.2) is 9.84 Å². The molecule has 0 aliphatic heterocycles. The molecule has 0 saturated carbocycles. The van der Waals surface area contributed by atoms with Crippen molar-refractivity contribution in [1.82, 2.24) is 0 Å². The van der Waals surface area contributed by atoms with E-state index in [4.69, 9.17) is 9.84 Å². The number of hydrogen-bond acceptors (Lipinski definition) is 4. The molecule has 0 amide bonds. The maximum Gasteiger partial charge on any atom is 0.153 e. The molecule has 4 nitrogen and oxygen atoms in total. The molecule has 0 aliphatic carbocycles. The molecule has 0 aliphatic rings. The highest BCUT2D eigenvalue weighted by Gasteiger charge is 2.36. The molecule has 0 unspecified atom stereocenters. The van der Waals surface area contributed by atoms with Gasteiger partial charge in [0.2, 0.25) is 0 Å². The van der Waals surface area contributed by atoms with Crippen LogP contribution in [-0.2, 0) is 14.6 Å². The van der Waals surface area contributed by atoms with Crippen molar-refractivity contribution in [1.29, 1.82) is 0 Å². The van der Waals surface area contributed by atoms with Crippen LogP contribution in [0.25, 0.3) is 0 Å². The molecular weight excluding hydrogens is 372 g/mol. The van der Waals surface area contributed by atoms with Crippen LogP contribution in [0.5, 0.6) is 0 Å². The molecule has 0 spiro atoms. The third kappa shape index (κ3) is 9.58. The van der Waals surface area contributed by atoms with Gasteiger partial charge in [0, 0.05) is 26.1 Å². The summed E-state index contributed by atoms with van der Waals surface area (Å²) in [4.78, 5) is 0. The van der Waals surface area contributed by atoms with Crippen LogP contribution < -0.4 is 0 Å². The van der Waals surface area contributed by atoms with Crippen molar-refractivity contribution in [3.05, 3.63) is 0 Å². The smallest absolute Gasteiger partial charge is 0.153 e. The molecule has 0 atom stereocenters. The highest BCUT2D eigenvalue weighted by Crippen LogP contribution is 2.37. The van der Waals surface area contributed by atoms with Gasteiger partial charge < -0.3 is 9.84 Å². The van der Waals surface area contributed by atoms with Crippen LogP contribution in [0.4, 0.5) is 0 Å². The average molecular weight is 421 g/mol. The highest BCUT2D eigenvalue weighted by atomic mass is 32.2. The maximum atomic E-state index is 12.1. The average Bonchev–Trinajstić information content (AvgIpc) is 2.67. The van der Waals surface area contributed by atoms with Crippen LogP contribution in [0, 0.1) is 5.41 Å². The van der Waals surface area contributed by atoms with E-state index in [1.807, 2.05) is 13.8 Å². The van der Waals surface area contributed by atoms with E-state index >= 15 is 0 Å². The largest absolute Gasteiger partial charge is 0.396 e. The van der Waals surface area contributed by atoms with Gasteiger partial charge in [-0.2, -0.15) is 0 Å². The van der Waals surface area contributed by atoms with Gasteiger partial charge in [0.1, 0.15) is 0 Å². The zero-order chi connectivity index (χ0) is 21.5. The van der Waals surface area contributed by atoms with Crippen LogP contribution in [0.2, 0.25) is 0 Å². The fourth-order valence-electron chi connectivity index (χ4n) is 4.46. The number of sulfone groups is 1. The van der Waals surface area contributed by atoms with E-state index < -0.39 is 14.6 Å². The molecule has 0 fully saturated rings. The summed E-state index contributed by atoms with van der Waals surface area (Å²) >= 11 is 0. The van der Waals surface area contributed by atoms with E-state index in [-0.39, 0.29) is 0 Å². The van der Waals surface area contributed by atoms with Crippen LogP contribution >= 0.6 is 0 Å². The number of aliphatic hydroxyl groups excluding tert-OH is 1. The van der Waals surface area contributed by atoms with Crippen molar-refractivity contribution in [2.75, 3.05) is 26.1 Å². The third-order valence-corrected chi connectivity index (χ3v) is 9.46. The van der Waals surface area contributed by atoms with Crippen LogP contribution in [0.3, 0.4) is 0 Å². The van der Waals surface area contributed by atoms with Gasteiger partial charge in [-0.05, 0) is 63.2 Å². The Hall–Kier alpha value is -0.130. The predicted octanol–water partition coefficient (Wildman–Crippen LogP) is 5.92. The topological polar surface area (TPSA) is 63.6 Å². The second kappa shape index (κ2) is 14.8. The fourth-order valence-corrected chi connectivity index (χ4v) is 6.03. The number of hydrogen-bond donors (Lipinski definition) is 1. The normalized spacial score (nSPS) is 13.2. The lowest BCUT2D eigenvalue weighted by Gasteiger charge is -2.32. The maximum absolute atomic E-state index is 12.1. The molecular formula is C23H48O4S. The Balaban J connectivity index is 4.00. The van der Waals surface area contributed by atoms with Gasteiger partial charge in [-0.1, -0.05) is 53.4 Å². The van der Waals surface area contributed by atoms with Gasteiger partial charge >= 0.3 is 0 Å². The summed E-state index contributed by atoms with van der Waals surface area (Å²) in [5, 5.41) is 9.01. The van der Waals surface area contributed by atoms with E-state index in [0.29, 0.717) is 24.9 Å². The minimum Gasteiger partial charge on any atom is -0.396 e. The lowest BCUT2D eigenvalue weighted by atomic mass is 9.74. The van der Waals surface area contributed by atoms with Crippen molar-refractivity contribution in [3.63, 3.8) is 0 Å². The molecule has 28 heavy (non-hydrogen) atoms. The summed E-state index contributed by atoms with van der Waals surface area (Å²) in [5.74, 6) is 0. The summed E-state index contributed by atoms with van der Waals surface area (Å²) in [5.41, 5.74) is 0.435. The molecule has 0 rings (SSSR count). The summed E-state index contributed by atoms with van der Waals surface area (Å²) in [6.45, 7) is 10.4. The fraction of sp³-hybridized carbons (Fsp3) is 1.00. The Morgan fingerprint density at radius 1 is 0.714 bits per heavy atom. The van der Waals surface area contributed by atoms with E-state index in [1.165, 1.54) is 38.4 Å². The molecule has 0 bridgehead atoms. The number of rotatable bonds is 19. The summed E-state index contributed by atoms with van der Waals surface area (Å²) in [6, 6.07) is 0. The van der Waals surface area contributed by atoms with Crippen LogP contribution in [-0.4, -0.2) is 44.3 Å². The van der Waals surface area contributed by atoms with Crippen molar-refractivity contribution in [2.24, 2.45) is 5.41 Å². The quantitative estimate of drug-likeness (QED) is 0.264. The lowest BCUT2D eigenvalue weighted by molar-refractivity contribution is 0.118. The standard InChI is InChI=1S/C23H48O4S/c1-6-22(7-2,16-10-13-19-24)17-11-14-20-27-21-15-12-18-23(8-3,9-4)28(5,25)26/h24H,6-21H2,1-5H3. The first-order valence-corrected chi connectivity index (χ1v) is 13.5.